The molecular formula is C26H37N9O12S2. The highest BCUT2D eigenvalue weighted by molar-refractivity contribution is 7.89. The molecule has 0 spiro atoms. The Morgan fingerprint density at radius 3 is 1.08 bits per heavy atom. The van der Waals surface area contributed by atoms with Gasteiger partial charge >= 0.3 is 17.9 Å². The van der Waals surface area contributed by atoms with Gasteiger partial charge < -0.3 is 15.3 Å². The lowest BCUT2D eigenvalue weighted by atomic mass is 10.3. The Kier molecular flexibility index (Phi) is 15.3. The molecule has 0 unspecified atom stereocenters. The zero-order chi connectivity index (χ0) is 36.8. The van der Waals surface area contributed by atoms with Crippen molar-refractivity contribution in [2.45, 2.75) is 9.79 Å². The van der Waals surface area contributed by atoms with Crippen LogP contribution in [0.2, 0.25) is 0 Å². The van der Waals surface area contributed by atoms with Crippen molar-refractivity contribution in [1.82, 2.24) is 25.6 Å². The van der Waals surface area contributed by atoms with Crippen LogP contribution in [-0.2, 0) is 44.0 Å². The van der Waals surface area contributed by atoms with Crippen LogP contribution >= 0.6 is 0 Å². The molecule has 0 saturated carbocycles. The average molecular weight is 732 g/mol. The molecule has 0 bridgehead atoms. The monoisotopic (exact) mass is 731 g/mol. The number of amides is 2. The smallest absolute Gasteiger partial charge is 0.317 e. The quantitative estimate of drug-likeness (QED) is 0.0536. The van der Waals surface area contributed by atoms with Crippen molar-refractivity contribution >= 4 is 61.1 Å². The number of hydrogen-bond donors (Lipinski definition) is 9. The SMILES string of the molecule is NS(=O)(=O)c1ccc(NNC(=O)CN(CCN(CCN(CC(=O)O)CC(=O)NNc2ccc(S(N)(=O)=O)cc2)CC(=O)O)CC(=O)O)cc1. The Hall–Kier alpha value is -4.91. The number of hydrazine groups is 2. The Morgan fingerprint density at radius 1 is 0.510 bits per heavy atom. The lowest BCUT2D eigenvalue weighted by molar-refractivity contribution is -0.141. The number of aliphatic carboxylic acids is 3. The van der Waals surface area contributed by atoms with Gasteiger partial charge in [0.15, 0.2) is 0 Å². The van der Waals surface area contributed by atoms with E-state index in [2.05, 4.69) is 21.7 Å². The van der Waals surface area contributed by atoms with E-state index in [0.29, 0.717) is 11.4 Å². The van der Waals surface area contributed by atoms with Gasteiger partial charge in [-0.2, -0.15) is 0 Å². The third-order valence-corrected chi connectivity index (χ3v) is 8.19. The molecule has 2 aromatic carbocycles. The van der Waals surface area contributed by atoms with E-state index in [9.17, 15) is 56.1 Å². The summed E-state index contributed by atoms with van der Waals surface area (Å²) in [7, 11) is -7.84. The maximum Gasteiger partial charge on any atom is 0.317 e. The summed E-state index contributed by atoms with van der Waals surface area (Å²) in [4.78, 5) is 62.9. The van der Waals surface area contributed by atoms with E-state index < -0.39 is 82.5 Å². The van der Waals surface area contributed by atoms with Gasteiger partial charge in [-0.15, -0.1) is 0 Å². The number of anilines is 2. The number of nitrogens with zero attached hydrogens (tertiary/aromatic N) is 3. The van der Waals surface area contributed by atoms with Gasteiger partial charge in [0.1, 0.15) is 0 Å². The van der Waals surface area contributed by atoms with Crippen LogP contribution in [0.25, 0.3) is 0 Å². The van der Waals surface area contributed by atoms with Crippen LogP contribution in [0.3, 0.4) is 0 Å². The summed E-state index contributed by atoms with van der Waals surface area (Å²) >= 11 is 0. The molecule has 0 aliphatic rings. The van der Waals surface area contributed by atoms with Crippen LogP contribution in [0.15, 0.2) is 58.3 Å². The number of carbonyl (C=O) groups excluding carboxylic acids is 2. The Bertz CT molecular complexity index is 1570. The molecule has 11 N–H and O–H groups in total. The van der Waals surface area contributed by atoms with E-state index in [1.807, 2.05) is 0 Å². The van der Waals surface area contributed by atoms with Gasteiger partial charge in [-0.25, -0.2) is 27.1 Å². The molecule has 0 fully saturated rings. The van der Waals surface area contributed by atoms with Crippen molar-refractivity contribution in [3.63, 3.8) is 0 Å². The predicted molar refractivity (Wildman–Crippen MR) is 171 cm³/mol. The molecule has 0 heterocycles. The molecule has 2 aromatic rings. The normalized spacial score (nSPS) is 11.7. The van der Waals surface area contributed by atoms with Crippen LogP contribution in [-0.4, -0.2) is 135 Å². The summed E-state index contributed by atoms with van der Waals surface area (Å²) in [6.07, 6.45) is 0. The first-order valence-corrected chi connectivity index (χ1v) is 17.1. The molecule has 2 rings (SSSR count). The topological polar surface area (TPSA) is 324 Å². The lowest BCUT2D eigenvalue weighted by Gasteiger charge is -2.28. The number of benzene rings is 2. The fourth-order valence-corrected chi connectivity index (χ4v) is 5.09. The summed E-state index contributed by atoms with van der Waals surface area (Å²) in [5, 5.41) is 38.1. The van der Waals surface area contributed by atoms with Crippen molar-refractivity contribution in [2.24, 2.45) is 10.3 Å². The van der Waals surface area contributed by atoms with Gasteiger partial charge in [-0.1, -0.05) is 0 Å². The minimum atomic E-state index is -3.92. The molecule has 49 heavy (non-hydrogen) atoms. The molecule has 0 aliphatic carbocycles. The molecule has 0 atom stereocenters. The maximum atomic E-state index is 12.5. The highest BCUT2D eigenvalue weighted by Crippen LogP contribution is 2.13. The van der Waals surface area contributed by atoms with Gasteiger partial charge in [-0.3, -0.25) is 60.4 Å². The van der Waals surface area contributed by atoms with Gasteiger partial charge in [0, 0.05) is 26.2 Å². The fourth-order valence-electron chi connectivity index (χ4n) is 4.06. The molecular weight excluding hydrogens is 694 g/mol. The molecule has 0 aliphatic heterocycles. The Morgan fingerprint density at radius 2 is 0.796 bits per heavy atom. The lowest BCUT2D eigenvalue weighted by Crippen LogP contribution is -2.48. The summed E-state index contributed by atoms with van der Waals surface area (Å²) in [5.74, 6) is -5.11. The van der Waals surface area contributed by atoms with E-state index in [4.69, 9.17) is 10.3 Å². The highest BCUT2D eigenvalue weighted by atomic mass is 32.2. The second-order valence-corrected chi connectivity index (χ2v) is 13.5. The van der Waals surface area contributed by atoms with Crippen LogP contribution in [0.1, 0.15) is 0 Å². The highest BCUT2D eigenvalue weighted by Gasteiger charge is 2.20. The third-order valence-electron chi connectivity index (χ3n) is 6.33. The summed E-state index contributed by atoms with van der Waals surface area (Å²) in [5.41, 5.74) is 10.4. The number of carboxylic acids is 3. The van der Waals surface area contributed by atoms with Crippen molar-refractivity contribution in [3.8, 4) is 0 Å². The molecule has 2 amide bonds. The standard InChI is InChI=1S/C26H37N9O12S2/c27-48(44,45)20-5-1-18(2-6-20)29-31-22(36)13-34(16-25(40)41)11-9-33(15-24(38)39)10-12-35(17-26(42)43)14-23(37)32-30-19-3-7-21(8-4-19)49(28,46)47/h1-8,29-30H,9-17H2,(H,31,36)(H,32,37)(H,38,39)(H,40,41)(H,42,43)(H2,27,44,45)(H2,28,46,47). The minimum Gasteiger partial charge on any atom is -0.480 e. The van der Waals surface area contributed by atoms with Gasteiger partial charge in [-0.05, 0) is 48.5 Å². The average Bonchev–Trinajstić information content (AvgIpc) is 2.99. The minimum absolute atomic E-state index is 0.0571. The maximum absolute atomic E-state index is 12.5. The first-order valence-electron chi connectivity index (χ1n) is 14.0. The number of carboxylic acid groups (broad SMARTS) is 3. The third kappa shape index (κ3) is 16.2. The van der Waals surface area contributed by atoms with E-state index >= 15 is 0 Å². The molecule has 0 aromatic heterocycles. The number of carbonyl (C=O) groups is 5. The van der Waals surface area contributed by atoms with Crippen LogP contribution < -0.4 is 32.0 Å². The first-order chi connectivity index (χ1) is 22.8. The van der Waals surface area contributed by atoms with Crippen LogP contribution in [0.4, 0.5) is 11.4 Å². The van der Waals surface area contributed by atoms with Crippen molar-refractivity contribution in [1.29, 1.82) is 0 Å². The summed E-state index contributed by atoms with van der Waals surface area (Å²) in [6, 6.07) is 10.2. The van der Waals surface area contributed by atoms with Gasteiger partial charge in [0.05, 0.1) is 53.9 Å². The van der Waals surface area contributed by atoms with Crippen molar-refractivity contribution in [2.75, 3.05) is 69.8 Å². The predicted octanol–water partition coefficient (Wildman–Crippen LogP) is -3.27. The number of rotatable bonds is 22. The summed E-state index contributed by atoms with van der Waals surface area (Å²) < 4.78 is 45.5. The number of nitrogens with two attached hydrogens (primary N) is 2. The molecule has 0 radical (unpaired) electrons. The van der Waals surface area contributed by atoms with Crippen molar-refractivity contribution < 1.29 is 56.1 Å². The molecule has 270 valence electrons. The molecule has 0 saturated heterocycles. The van der Waals surface area contributed by atoms with Crippen LogP contribution in [0, 0.1) is 0 Å². The Balaban J connectivity index is 1.96. The first kappa shape index (κ1) is 40.3. The second kappa shape index (κ2) is 18.6. The zero-order valence-corrected chi connectivity index (χ0v) is 27.4. The van der Waals surface area contributed by atoms with E-state index in [1.54, 1.807) is 0 Å². The van der Waals surface area contributed by atoms with E-state index in [1.165, 1.54) is 63.2 Å². The van der Waals surface area contributed by atoms with Gasteiger partial charge in [0.2, 0.25) is 20.0 Å². The number of hydrogen-bond acceptors (Lipinski definition) is 14. The number of primary sulfonamides is 2. The van der Waals surface area contributed by atoms with Gasteiger partial charge in [0.25, 0.3) is 11.8 Å². The molecule has 23 heteroatoms. The fraction of sp³-hybridized carbons (Fsp3) is 0.346. The number of sulfonamides is 2. The number of nitrogens with one attached hydrogen (secondary N) is 4. The van der Waals surface area contributed by atoms with E-state index in [0.717, 1.165) is 0 Å². The zero-order valence-electron chi connectivity index (χ0n) is 25.8. The Labute approximate surface area is 280 Å². The molecule has 21 nitrogen and oxygen atoms in total. The summed E-state index contributed by atoms with van der Waals surface area (Å²) in [6.45, 7) is -2.85. The largest absolute Gasteiger partial charge is 0.480 e. The second-order valence-electron chi connectivity index (χ2n) is 10.4. The van der Waals surface area contributed by atoms with E-state index in [-0.39, 0.29) is 36.0 Å². The van der Waals surface area contributed by atoms with Crippen molar-refractivity contribution in [3.05, 3.63) is 48.5 Å². The van der Waals surface area contributed by atoms with Crippen LogP contribution in [0.5, 0.6) is 0 Å².